The van der Waals surface area contributed by atoms with Crippen LogP contribution in [-0.4, -0.2) is 47.4 Å². The van der Waals surface area contributed by atoms with Gasteiger partial charge in [0, 0.05) is 12.8 Å². The Hall–Kier alpha value is -1.92. The van der Waals surface area contributed by atoms with Crippen molar-refractivity contribution in [3.8, 4) is 0 Å². The third-order valence-corrected chi connectivity index (χ3v) is 15.9. The number of carbonyl (C=O) groups is 2. The number of allylic oxidation sites excluding steroid dienone is 5. The van der Waals surface area contributed by atoms with Crippen molar-refractivity contribution in [2.24, 2.45) is 0 Å². The largest absolute Gasteiger partial charge is 0.466 e. The van der Waals surface area contributed by atoms with Gasteiger partial charge < -0.3 is 20.3 Å². The Morgan fingerprint density at radius 1 is 0.355 bits per heavy atom. The molecule has 0 aliphatic heterocycles. The zero-order chi connectivity index (χ0) is 55.0. The fourth-order valence-electron chi connectivity index (χ4n) is 10.6. The first-order valence-corrected chi connectivity index (χ1v) is 34.3. The summed E-state index contributed by atoms with van der Waals surface area (Å²) in [6.07, 6.45) is 83.5. The molecule has 0 heterocycles. The van der Waals surface area contributed by atoms with Crippen LogP contribution in [0.15, 0.2) is 36.5 Å². The van der Waals surface area contributed by atoms with Crippen LogP contribution >= 0.6 is 0 Å². The fraction of sp³-hybridized carbons (Fsp3) is 0.886. The molecule has 0 saturated carbocycles. The summed E-state index contributed by atoms with van der Waals surface area (Å²) in [5, 5.41) is 23.2. The maximum absolute atomic E-state index is 12.5. The van der Waals surface area contributed by atoms with Gasteiger partial charge in [-0.05, 0) is 83.5 Å². The standard InChI is InChI=1S/C70H133NO5/c1-3-5-7-9-11-13-15-17-19-20-21-28-31-35-38-42-46-50-54-58-62-68(73)67(66-72)71-69(74)63-59-55-51-47-43-39-36-32-29-26-24-22-23-25-27-30-33-37-41-45-49-53-57-61-65-76-70(75)64-60-56-52-48-44-40-34-18-16-14-12-10-8-6-4-2/h18,24,26,34,58,62,67-68,72-73H,3-17,19-23,25,27-33,35-57,59-61,63-66H2,1-2H3,(H,71,74)/b26-24-,34-18-,62-58+. The van der Waals surface area contributed by atoms with Gasteiger partial charge in [0.05, 0.1) is 25.4 Å². The summed E-state index contributed by atoms with van der Waals surface area (Å²) in [6, 6.07) is -0.632. The van der Waals surface area contributed by atoms with Gasteiger partial charge in [-0.1, -0.05) is 314 Å². The number of unbranched alkanes of at least 4 members (excludes halogenated alkanes) is 49. The summed E-state index contributed by atoms with van der Waals surface area (Å²) in [7, 11) is 0. The van der Waals surface area contributed by atoms with Gasteiger partial charge in [-0.25, -0.2) is 0 Å². The summed E-state index contributed by atoms with van der Waals surface area (Å²) in [4.78, 5) is 24.6. The maximum Gasteiger partial charge on any atom is 0.305 e. The third-order valence-electron chi connectivity index (χ3n) is 15.9. The van der Waals surface area contributed by atoms with E-state index in [1.807, 2.05) is 6.08 Å². The predicted molar refractivity (Wildman–Crippen MR) is 333 cm³/mol. The van der Waals surface area contributed by atoms with Crippen LogP contribution in [-0.2, 0) is 14.3 Å². The number of rotatable bonds is 64. The molecule has 2 unspecified atom stereocenters. The average molecular weight is 1070 g/mol. The highest BCUT2D eigenvalue weighted by molar-refractivity contribution is 5.76. The van der Waals surface area contributed by atoms with E-state index >= 15 is 0 Å². The minimum absolute atomic E-state index is 0.00450. The summed E-state index contributed by atoms with van der Waals surface area (Å²) in [5.41, 5.74) is 0. The molecule has 0 rings (SSSR count). The zero-order valence-corrected chi connectivity index (χ0v) is 51.3. The van der Waals surface area contributed by atoms with Gasteiger partial charge in [-0.2, -0.15) is 0 Å². The lowest BCUT2D eigenvalue weighted by atomic mass is 10.0. The van der Waals surface area contributed by atoms with E-state index in [4.69, 9.17) is 4.74 Å². The van der Waals surface area contributed by atoms with Gasteiger partial charge in [0.2, 0.25) is 5.91 Å². The lowest BCUT2D eigenvalue weighted by molar-refractivity contribution is -0.143. The van der Waals surface area contributed by atoms with Gasteiger partial charge in [0.1, 0.15) is 0 Å². The van der Waals surface area contributed by atoms with Crippen LogP contribution in [0.5, 0.6) is 0 Å². The van der Waals surface area contributed by atoms with E-state index in [-0.39, 0.29) is 18.5 Å². The second kappa shape index (κ2) is 65.6. The fourth-order valence-corrected chi connectivity index (χ4v) is 10.6. The van der Waals surface area contributed by atoms with E-state index in [0.717, 1.165) is 44.9 Å². The Morgan fingerprint density at radius 2 is 0.618 bits per heavy atom. The van der Waals surface area contributed by atoms with Gasteiger partial charge in [-0.15, -0.1) is 0 Å². The van der Waals surface area contributed by atoms with Crippen LogP contribution < -0.4 is 5.32 Å². The normalized spacial score (nSPS) is 12.7. The van der Waals surface area contributed by atoms with Gasteiger partial charge in [-0.3, -0.25) is 9.59 Å². The molecule has 0 aromatic carbocycles. The first kappa shape index (κ1) is 74.1. The molecule has 6 heteroatoms. The molecule has 0 spiro atoms. The third kappa shape index (κ3) is 61.3. The molecule has 2 atom stereocenters. The van der Waals surface area contributed by atoms with E-state index in [1.165, 1.54) is 302 Å². The molecular formula is C70H133NO5. The van der Waals surface area contributed by atoms with E-state index in [9.17, 15) is 19.8 Å². The first-order valence-electron chi connectivity index (χ1n) is 34.3. The van der Waals surface area contributed by atoms with Crippen molar-refractivity contribution in [3.05, 3.63) is 36.5 Å². The Morgan fingerprint density at radius 3 is 0.934 bits per heavy atom. The van der Waals surface area contributed by atoms with Gasteiger partial charge in [0.25, 0.3) is 0 Å². The van der Waals surface area contributed by atoms with Crippen molar-refractivity contribution in [2.45, 2.75) is 386 Å². The van der Waals surface area contributed by atoms with E-state index in [1.54, 1.807) is 6.08 Å². The van der Waals surface area contributed by atoms with Crippen molar-refractivity contribution >= 4 is 11.9 Å². The number of carbonyl (C=O) groups excluding carboxylic acids is 2. The first-order chi connectivity index (χ1) is 37.5. The van der Waals surface area contributed by atoms with Crippen molar-refractivity contribution in [3.63, 3.8) is 0 Å². The molecule has 6 nitrogen and oxygen atoms in total. The molecule has 0 aromatic rings. The molecule has 0 bridgehead atoms. The molecular weight excluding hydrogens is 935 g/mol. The second-order valence-corrected chi connectivity index (χ2v) is 23.5. The molecule has 0 radical (unpaired) electrons. The summed E-state index contributed by atoms with van der Waals surface area (Å²) in [5.74, 6) is -0.0651. The maximum atomic E-state index is 12.5. The number of ether oxygens (including phenoxy) is 1. The highest BCUT2D eigenvalue weighted by Crippen LogP contribution is 2.18. The van der Waals surface area contributed by atoms with Crippen LogP contribution in [0.1, 0.15) is 373 Å². The average Bonchev–Trinajstić information content (AvgIpc) is 3.42. The van der Waals surface area contributed by atoms with E-state index in [0.29, 0.717) is 19.4 Å². The van der Waals surface area contributed by atoms with Gasteiger partial charge in [0.15, 0.2) is 0 Å². The van der Waals surface area contributed by atoms with Crippen LogP contribution in [0.2, 0.25) is 0 Å². The number of aliphatic hydroxyl groups is 2. The minimum atomic E-state index is -0.849. The molecule has 0 aromatic heterocycles. The van der Waals surface area contributed by atoms with Crippen LogP contribution in [0.3, 0.4) is 0 Å². The van der Waals surface area contributed by atoms with Crippen molar-refractivity contribution in [2.75, 3.05) is 13.2 Å². The molecule has 0 aliphatic rings. The molecule has 0 saturated heterocycles. The second-order valence-electron chi connectivity index (χ2n) is 23.5. The summed E-state index contributed by atoms with van der Waals surface area (Å²) >= 11 is 0. The monoisotopic (exact) mass is 1070 g/mol. The molecule has 0 fully saturated rings. The smallest absolute Gasteiger partial charge is 0.305 e. The zero-order valence-electron chi connectivity index (χ0n) is 51.3. The van der Waals surface area contributed by atoms with Crippen molar-refractivity contribution < 1.29 is 24.5 Å². The summed E-state index contributed by atoms with van der Waals surface area (Å²) < 4.78 is 5.49. The number of hydrogen-bond acceptors (Lipinski definition) is 5. The Bertz CT molecular complexity index is 1230. The van der Waals surface area contributed by atoms with Crippen LogP contribution in [0.4, 0.5) is 0 Å². The topological polar surface area (TPSA) is 95.9 Å². The lowest BCUT2D eigenvalue weighted by Crippen LogP contribution is -2.45. The Balaban J connectivity index is 3.43. The number of esters is 1. The Kier molecular flexibility index (Phi) is 63.9. The minimum Gasteiger partial charge on any atom is -0.466 e. The van der Waals surface area contributed by atoms with Crippen LogP contribution in [0.25, 0.3) is 0 Å². The number of aliphatic hydroxyl groups excluding tert-OH is 2. The summed E-state index contributed by atoms with van der Waals surface area (Å²) in [6.45, 7) is 4.92. The predicted octanol–water partition coefficient (Wildman–Crippen LogP) is 21.9. The van der Waals surface area contributed by atoms with Crippen molar-refractivity contribution in [1.29, 1.82) is 0 Å². The number of nitrogens with one attached hydrogen (secondary N) is 1. The van der Waals surface area contributed by atoms with E-state index < -0.39 is 12.1 Å². The quantitative estimate of drug-likeness (QED) is 0.0320. The molecule has 1 amide bonds. The SMILES string of the molecule is CCCCCCCC/C=C\CCCCCCCC(=O)OCCCCCCCCCCCCCC/C=C\CCCCCCCCCCC(=O)NC(CO)C(O)/C=C/CCCCCCCCCCCCCCCCCCCC. The lowest BCUT2D eigenvalue weighted by Gasteiger charge is -2.20. The van der Waals surface area contributed by atoms with E-state index in [2.05, 4.69) is 43.5 Å². The molecule has 0 aliphatic carbocycles. The Labute approximate surface area is 474 Å². The highest BCUT2D eigenvalue weighted by Gasteiger charge is 2.18. The highest BCUT2D eigenvalue weighted by atomic mass is 16.5. The molecule has 448 valence electrons. The number of hydrogen-bond donors (Lipinski definition) is 3. The molecule has 76 heavy (non-hydrogen) atoms. The molecule has 3 N–H and O–H groups in total. The van der Waals surface area contributed by atoms with Gasteiger partial charge >= 0.3 is 5.97 Å². The number of amides is 1. The van der Waals surface area contributed by atoms with Crippen molar-refractivity contribution in [1.82, 2.24) is 5.32 Å². The van der Waals surface area contributed by atoms with Crippen LogP contribution in [0, 0.1) is 0 Å².